The maximum Gasteiger partial charge on any atom is 0.385 e. The molecule has 1 saturated carbocycles. The van der Waals surface area contributed by atoms with Gasteiger partial charge in [-0.25, -0.2) is 0 Å². The molecular weight excluding hydrogens is 508 g/mol. The fourth-order valence-electron chi connectivity index (χ4n) is 6.59. The highest BCUT2D eigenvalue weighted by Crippen LogP contribution is 2.36. The van der Waals surface area contributed by atoms with Gasteiger partial charge in [0.15, 0.2) is 5.75 Å². The number of pyridine rings is 1. The van der Waals surface area contributed by atoms with Gasteiger partial charge in [0, 0.05) is 26.2 Å². The Labute approximate surface area is 236 Å². The molecule has 1 spiro atoms. The number of aromatic hydroxyl groups is 1. The number of piperazine rings is 1. The largest absolute Gasteiger partial charge is 0.616 e. The molecular formula is C31H42N4O5. The van der Waals surface area contributed by atoms with Crippen molar-refractivity contribution in [3.05, 3.63) is 53.4 Å². The second kappa shape index (κ2) is 12.5. The summed E-state index contributed by atoms with van der Waals surface area (Å²) in [5.74, 6) is 1.18. The van der Waals surface area contributed by atoms with Gasteiger partial charge in [-0.3, -0.25) is 14.5 Å². The number of unbranched alkanes of at least 4 members (excludes halogenated alkanes) is 1. The Morgan fingerprint density at radius 2 is 1.80 bits per heavy atom. The summed E-state index contributed by atoms with van der Waals surface area (Å²) >= 11 is 0. The highest BCUT2D eigenvalue weighted by atomic mass is 16.6. The van der Waals surface area contributed by atoms with E-state index in [4.69, 9.17) is 4.74 Å². The summed E-state index contributed by atoms with van der Waals surface area (Å²) in [4.78, 5) is 31.7. The van der Waals surface area contributed by atoms with Crippen LogP contribution in [0.2, 0.25) is 0 Å². The number of hydrogen-bond acceptors (Lipinski definition) is 6. The van der Waals surface area contributed by atoms with Crippen LogP contribution < -0.4 is 14.8 Å². The molecule has 0 bridgehead atoms. The molecule has 40 heavy (non-hydrogen) atoms. The number of benzene rings is 1. The van der Waals surface area contributed by atoms with Crippen molar-refractivity contribution >= 4 is 11.8 Å². The number of aromatic nitrogens is 1. The van der Waals surface area contributed by atoms with Crippen molar-refractivity contribution in [1.29, 1.82) is 0 Å². The monoisotopic (exact) mass is 550 g/mol. The van der Waals surface area contributed by atoms with Gasteiger partial charge < -0.3 is 25.3 Å². The smallest absolute Gasteiger partial charge is 0.385 e. The Balaban J connectivity index is 1.20. The topological polar surface area (TPSA) is 109 Å². The zero-order valence-electron chi connectivity index (χ0n) is 23.5. The number of rotatable bonds is 9. The lowest BCUT2D eigenvalue weighted by molar-refractivity contribution is -0.611. The van der Waals surface area contributed by atoms with Gasteiger partial charge >= 0.3 is 5.88 Å². The van der Waals surface area contributed by atoms with Gasteiger partial charge in [-0.1, -0.05) is 57.6 Å². The molecule has 2 saturated heterocycles. The van der Waals surface area contributed by atoms with Gasteiger partial charge in [0.05, 0.1) is 6.07 Å². The lowest BCUT2D eigenvalue weighted by Gasteiger charge is -2.52. The number of carbonyl (C=O) groups excluding carboxylic acids is 2. The minimum atomic E-state index is -0.749. The van der Waals surface area contributed by atoms with Crippen LogP contribution in [-0.2, 0) is 16.1 Å². The number of carbonyl (C=O) groups is 2. The molecule has 2 amide bonds. The third-order valence-electron chi connectivity index (χ3n) is 8.94. The Hall–Kier alpha value is -3.33. The van der Waals surface area contributed by atoms with Crippen LogP contribution in [0.3, 0.4) is 0 Å². The Kier molecular flexibility index (Phi) is 8.78. The molecule has 0 unspecified atom stereocenters. The average Bonchev–Trinajstić information content (AvgIpc) is 2.96. The summed E-state index contributed by atoms with van der Waals surface area (Å²) in [5.41, 5.74) is 0.352. The van der Waals surface area contributed by atoms with Crippen LogP contribution in [0, 0.1) is 11.1 Å². The zero-order chi connectivity index (χ0) is 28.1. The molecule has 3 heterocycles. The van der Waals surface area contributed by atoms with Crippen molar-refractivity contribution in [3.8, 4) is 17.4 Å². The minimum absolute atomic E-state index is 0.0370. The first-order chi connectivity index (χ1) is 19.4. The van der Waals surface area contributed by atoms with Crippen molar-refractivity contribution in [2.45, 2.75) is 89.3 Å². The maximum absolute atomic E-state index is 13.7. The number of piperidine rings is 1. The number of nitrogens with one attached hydrogen (secondary N) is 1. The number of hydrogen-bond donors (Lipinski definition) is 2. The van der Waals surface area contributed by atoms with E-state index in [-0.39, 0.29) is 29.5 Å². The number of amides is 2. The van der Waals surface area contributed by atoms with Crippen LogP contribution in [0.25, 0.3) is 0 Å². The summed E-state index contributed by atoms with van der Waals surface area (Å²) in [7, 11) is 0. The van der Waals surface area contributed by atoms with Crippen LogP contribution in [0.1, 0.15) is 76.7 Å². The van der Waals surface area contributed by atoms with E-state index >= 15 is 0 Å². The van der Waals surface area contributed by atoms with E-state index in [1.807, 2.05) is 29.2 Å². The van der Waals surface area contributed by atoms with Gasteiger partial charge in [0.2, 0.25) is 18.0 Å². The predicted molar refractivity (Wildman–Crippen MR) is 151 cm³/mol. The van der Waals surface area contributed by atoms with Crippen molar-refractivity contribution in [2.24, 2.45) is 5.92 Å². The van der Waals surface area contributed by atoms with Crippen LogP contribution in [0.15, 0.2) is 42.6 Å². The molecule has 1 aromatic heterocycles. The quantitative estimate of drug-likeness (QED) is 0.357. The number of nitrogens with zero attached hydrogens (tertiary/aromatic N) is 3. The molecule has 1 aromatic carbocycles. The second-order valence-corrected chi connectivity index (χ2v) is 11.7. The highest BCUT2D eigenvalue weighted by Gasteiger charge is 2.53. The van der Waals surface area contributed by atoms with Gasteiger partial charge in [0.1, 0.15) is 17.3 Å². The Morgan fingerprint density at radius 1 is 1.07 bits per heavy atom. The van der Waals surface area contributed by atoms with Gasteiger partial charge in [-0.05, 0) is 55.4 Å². The van der Waals surface area contributed by atoms with E-state index in [0.29, 0.717) is 35.8 Å². The first-order valence-electron chi connectivity index (χ1n) is 14.9. The summed E-state index contributed by atoms with van der Waals surface area (Å²) < 4.78 is 6.14. The van der Waals surface area contributed by atoms with E-state index in [2.05, 4.69) is 17.1 Å². The first-order valence-corrected chi connectivity index (χ1v) is 14.9. The third kappa shape index (κ3) is 6.19. The normalized spacial score (nSPS) is 21.9. The van der Waals surface area contributed by atoms with Crippen LogP contribution in [0.5, 0.6) is 17.4 Å². The predicted octanol–water partition coefficient (Wildman–Crippen LogP) is 4.25. The van der Waals surface area contributed by atoms with E-state index < -0.39 is 5.54 Å². The van der Waals surface area contributed by atoms with Crippen molar-refractivity contribution < 1.29 is 24.2 Å². The van der Waals surface area contributed by atoms with E-state index in [1.165, 1.54) is 31.4 Å². The molecule has 0 radical (unpaired) electrons. The molecule has 216 valence electrons. The van der Waals surface area contributed by atoms with Crippen molar-refractivity contribution in [3.63, 3.8) is 0 Å². The molecule has 1 atom stereocenters. The van der Waals surface area contributed by atoms with E-state index in [0.717, 1.165) is 63.5 Å². The van der Waals surface area contributed by atoms with Gasteiger partial charge in [-0.2, -0.15) is 0 Å². The van der Waals surface area contributed by atoms with Crippen LogP contribution >= 0.6 is 0 Å². The van der Waals surface area contributed by atoms with E-state index in [1.54, 1.807) is 0 Å². The van der Waals surface area contributed by atoms with Crippen molar-refractivity contribution in [1.82, 2.24) is 15.1 Å². The summed E-state index contributed by atoms with van der Waals surface area (Å²) in [6.07, 6.45) is 11.1. The molecule has 1 aliphatic carbocycles. The molecule has 9 heteroatoms. The third-order valence-corrected chi connectivity index (χ3v) is 8.94. The fraction of sp³-hybridized carbons (Fsp3) is 0.581. The Morgan fingerprint density at radius 3 is 2.48 bits per heavy atom. The fourth-order valence-corrected chi connectivity index (χ4v) is 6.59. The summed E-state index contributed by atoms with van der Waals surface area (Å²) in [6.45, 7) is 4.97. The van der Waals surface area contributed by atoms with E-state index in [9.17, 15) is 19.9 Å². The van der Waals surface area contributed by atoms with Gasteiger partial charge in [-0.15, -0.1) is 4.73 Å². The molecule has 3 aliphatic rings. The molecule has 2 aliphatic heterocycles. The van der Waals surface area contributed by atoms with Gasteiger partial charge in [0.25, 0.3) is 0 Å². The minimum Gasteiger partial charge on any atom is -0.616 e. The lowest BCUT2D eigenvalue weighted by atomic mass is 9.79. The zero-order valence-corrected chi connectivity index (χ0v) is 23.5. The number of ether oxygens (including phenoxy) is 1. The number of likely N-dealkylation sites (tertiary alicyclic amines) is 1. The molecule has 3 fully saturated rings. The molecule has 2 aromatic rings. The van der Waals surface area contributed by atoms with Crippen LogP contribution in [-0.4, -0.2) is 57.9 Å². The summed E-state index contributed by atoms with van der Waals surface area (Å²) in [5, 5.41) is 24.5. The molecule has 9 nitrogen and oxygen atoms in total. The lowest BCUT2D eigenvalue weighted by Crippen LogP contribution is -2.73. The standard InChI is InChI=1S/C31H42N4O5/c1-2-3-17-34-29(37)27(20-23-7-5-4-6-8-23)32-30(38)31(34)15-18-33(19-16-31)21-24-9-12-26(13-10-24)40-28-14-11-25(36)22-35(28)39/h9-14,22-23,27,36H,2-8,15-21H2,1H3,(H,32,38)/t27-/m0/s1. The molecule has 2 N–H and O–H groups in total. The average molecular weight is 551 g/mol. The second-order valence-electron chi connectivity index (χ2n) is 11.7. The van der Waals surface area contributed by atoms with Crippen molar-refractivity contribution in [2.75, 3.05) is 19.6 Å². The SMILES string of the molecule is CCCCN1C(=O)[C@H](CC2CCCCC2)NC(=O)C12CCN(Cc1ccc(Oc3ccc(O)c[n+]3[O-])cc1)CC2. The first kappa shape index (κ1) is 28.2. The summed E-state index contributed by atoms with van der Waals surface area (Å²) in [6, 6.07) is 10.0. The maximum atomic E-state index is 13.7. The molecule has 5 rings (SSSR count). The Bertz CT molecular complexity index is 1170. The van der Waals surface area contributed by atoms with Crippen LogP contribution in [0.4, 0.5) is 0 Å². The highest BCUT2D eigenvalue weighted by molar-refractivity contribution is 6.00.